The molecule has 3 rings (SSSR count). The molecule has 92 valence electrons. The van der Waals surface area contributed by atoms with E-state index in [1.54, 1.807) is 0 Å². The predicted octanol–water partition coefficient (Wildman–Crippen LogP) is 3.35. The first kappa shape index (κ1) is 11.2. The molecule has 1 saturated carbocycles. The summed E-state index contributed by atoms with van der Waals surface area (Å²) in [5, 5.41) is 3.23. The van der Waals surface area contributed by atoms with E-state index in [1.165, 1.54) is 43.2 Å². The molecule has 1 N–H and O–H groups in total. The van der Waals surface area contributed by atoms with Crippen molar-refractivity contribution in [3.63, 3.8) is 0 Å². The van der Waals surface area contributed by atoms with Crippen LogP contribution in [0.1, 0.15) is 55.3 Å². The van der Waals surface area contributed by atoms with Gasteiger partial charge >= 0.3 is 0 Å². The Morgan fingerprint density at radius 2 is 1.65 bits per heavy atom. The Kier molecular flexibility index (Phi) is 3.44. The van der Waals surface area contributed by atoms with Gasteiger partial charge in [0.25, 0.3) is 0 Å². The van der Waals surface area contributed by atoms with Gasteiger partial charge in [0.2, 0.25) is 0 Å². The predicted molar refractivity (Wildman–Crippen MR) is 69.0 cm³/mol. The summed E-state index contributed by atoms with van der Waals surface area (Å²) in [6.07, 6.45) is 7.25. The normalized spacial score (nSPS) is 26.2. The van der Waals surface area contributed by atoms with E-state index in [4.69, 9.17) is 4.74 Å². The molecular formula is C15H21NO. The van der Waals surface area contributed by atoms with E-state index in [1.807, 2.05) is 0 Å². The first-order valence-corrected chi connectivity index (χ1v) is 6.85. The van der Waals surface area contributed by atoms with Crippen LogP contribution in [0.5, 0.6) is 0 Å². The van der Waals surface area contributed by atoms with E-state index >= 15 is 0 Å². The van der Waals surface area contributed by atoms with Gasteiger partial charge in [-0.15, -0.1) is 0 Å². The molecule has 2 nitrogen and oxygen atoms in total. The molecule has 1 saturated heterocycles. The van der Waals surface area contributed by atoms with Crippen molar-refractivity contribution in [3.8, 4) is 0 Å². The molecule has 0 spiro atoms. The lowest BCUT2D eigenvalue weighted by atomic mass is 9.84. The van der Waals surface area contributed by atoms with Crippen LogP contribution in [-0.4, -0.2) is 13.3 Å². The number of benzene rings is 1. The van der Waals surface area contributed by atoms with Crippen molar-refractivity contribution in [3.05, 3.63) is 35.4 Å². The largest absolute Gasteiger partial charge is 0.357 e. The van der Waals surface area contributed by atoms with Gasteiger partial charge in [0, 0.05) is 6.54 Å². The quantitative estimate of drug-likeness (QED) is 0.842. The highest BCUT2D eigenvalue weighted by molar-refractivity contribution is 5.27. The Hall–Kier alpha value is -0.860. The van der Waals surface area contributed by atoms with Gasteiger partial charge in [-0.25, -0.2) is 0 Å². The summed E-state index contributed by atoms with van der Waals surface area (Å²) in [7, 11) is 0. The fourth-order valence-electron chi connectivity index (χ4n) is 3.04. The van der Waals surface area contributed by atoms with Gasteiger partial charge in [0.15, 0.2) is 0 Å². The van der Waals surface area contributed by atoms with E-state index in [9.17, 15) is 0 Å². The van der Waals surface area contributed by atoms with Gasteiger partial charge in [-0.2, -0.15) is 0 Å². The summed E-state index contributed by atoms with van der Waals surface area (Å²) in [5.41, 5.74) is 2.84. The average Bonchev–Trinajstić information content (AvgIpc) is 2.94. The van der Waals surface area contributed by atoms with Gasteiger partial charge in [0.1, 0.15) is 0 Å². The monoisotopic (exact) mass is 231 g/mol. The smallest absolute Gasteiger partial charge is 0.0975 e. The zero-order chi connectivity index (χ0) is 11.5. The zero-order valence-electron chi connectivity index (χ0n) is 10.3. The molecule has 1 unspecified atom stereocenters. The number of hydrogen-bond donors (Lipinski definition) is 1. The van der Waals surface area contributed by atoms with E-state index in [0.717, 1.165) is 12.5 Å². The van der Waals surface area contributed by atoms with Gasteiger partial charge in [-0.1, -0.05) is 43.5 Å². The summed E-state index contributed by atoms with van der Waals surface area (Å²) in [6, 6.07) is 9.13. The third-order valence-electron chi connectivity index (χ3n) is 4.10. The fourth-order valence-corrected chi connectivity index (χ4v) is 3.04. The zero-order valence-corrected chi connectivity index (χ0v) is 10.3. The van der Waals surface area contributed by atoms with Crippen molar-refractivity contribution in [2.75, 3.05) is 13.3 Å². The van der Waals surface area contributed by atoms with Crippen molar-refractivity contribution in [1.29, 1.82) is 0 Å². The van der Waals surface area contributed by atoms with Crippen LogP contribution in [-0.2, 0) is 4.74 Å². The molecule has 2 fully saturated rings. The van der Waals surface area contributed by atoms with Crippen LogP contribution in [0.25, 0.3) is 0 Å². The highest BCUT2D eigenvalue weighted by atomic mass is 16.5. The Morgan fingerprint density at radius 3 is 2.29 bits per heavy atom. The first-order chi connectivity index (χ1) is 8.43. The molecule has 0 aromatic heterocycles. The second-order valence-corrected chi connectivity index (χ2v) is 5.26. The van der Waals surface area contributed by atoms with Crippen LogP contribution in [0, 0.1) is 0 Å². The van der Waals surface area contributed by atoms with Crippen molar-refractivity contribution in [1.82, 2.24) is 5.32 Å². The number of hydrogen-bond acceptors (Lipinski definition) is 2. The van der Waals surface area contributed by atoms with Crippen LogP contribution in [0.2, 0.25) is 0 Å². The number of rotatable bonds is 2. The van der Waals surface area contributed by atoms with E-state index in [0.29, 0.717) is 6.73 Å². The third-order valence-corrected chi connectivity index (χ3v) is 4.10. The standard InChI is InChI=1S/C15H21NO/c1-2-4-12(5-3-1)13-6-8-14(9-7-13)15-10-16-11-17-15/h6-9,12,15-16H,1-5,10-11H2. The summed E-state index contributed by atoms with van der Waals surface area (Å²) in [5.74, 6) is 0.806. The van der Waals surface area contributed by atoms with Crippen LogP contribution in [0.15, 0.2) is 24.3 Å². The van der Waals surface area contributed by atoms with Gasteiger partial charge in [0.05, 0.1) is 12.8 Å². The van der Waals surface area contributed by atoms with Gasteiger partial charge in [-0.3, -0.25) is 5.32 Å². The maximum atomic E-state index is 5.61. The lowest BCUT2D eigenvalue weighted by Crippen LogP contribution is -2.08. The van der Waals surface area contributed by atoms with Crippen molar-refractivity contribution < 1.29 is 4.74 Å². The minimum atomic E-state index is 0.260. The van der Waals surface area contributed by atoms with E-state index in [-0.39, 0.29) is 6.10 Å². The maximum Gasteiger partial charge on any atom is 0.0975 e. The molecule has 1 atom stereocenters. The van der Waals surface area contributed by atoms with Crippen LogP contribution in [0.3, 0.4) is 0 Å². The van der Waals surface area contributed by atoms with Crippen LogP contribution in [0.4, 0.5) is 0 Å². The summed E-state index contributed by atoms with van der Waals surface area (Å²) < 4.78 is 5.61. The second kappa shape index (κ2) is 5.19. The molecule has 17 heavy (non-hydrogen) atoms. The Labute approximate surface area is 103 Å². The molecule has 0 bridgehead atoms. The molecule has 1 aromatic carbocycles. The molecular weight excluding hydrogens is 210 g/mol. The van der Waals surface area contributed by atoms with Crippen LogP contribution < -0.4 is 5.32 Å². The molecule has 2 heteroatoms. The molecule has 2 aliphatic rings. The average molecular weight is 231 g/mol. The first-order valence-electron chi connectivity index (χ1n) is 6.85. The molecule has 1 aliphatic carbocycles. The lowest BCUT2D eigenvalue weighted by molar-refractivity contribution is 0.114. The van der Waals surface area contributed by atoms with E-state index in [2.05, 4.69) is 29.6 Å². The van der Waals surface area contributed by atoms with E-state index < -0.39 is 0 Å². The maximum absolute atomic E-state index is 5.61. The highest BCUT2D eigenvalue weighted by Gasteiger charge is 2.19. The van der Waals surface area contributed by atoms with Crippen molar-refractivity contribution in [2.45, 2.75) is 44.1 Å². The molecule has 0 radical (unpaired) electrons. The van der Waals surface area contributed by atoms with Gasteiger partial charge in [-0.05, 0) is 29.9 Å². The summed E-state index contributed by atoms with van der Waals surface area (Å²) >= 11 is 0. The molecule has 1 aromatic rings. The minimum absolute atomic E-state index is 0.260. The fraction of sp³-hybridized carbons (Fsp3) is 0.600. The molecule has 0 amide bonds. The van der Waals surface area contributed by atoms with Crippen molar-refractivity contribution >= 4 is 0 Å². The highest BCUT2D eigenvalue weighted by Crippen LogP contribution is 2.33. The Bertz CT molecular complexity index is 348. The SMILES string of the molecule is c1cc(C2CNCO2)ccc1C1CCCCC1. The lowest BCUT2D eigenvalue weighted by Gasteiger charge is -2.22. The Balaban J connectivity index is 1.70. The van der Waals surface area contributed by atoms with Crippen molar-refractivity contribution in [2.24, 2.45) is 0 Å². The summed E-state index contributed by atoms with van der Waals surface area (Å²) in [6.45, 7) is 1.64. The Morgan fingerprint density at radius 1 is 0.941 bits per heavy atom. The van der Waals surface area contributed by atoms with Crippen LogP contribution >= 0.6 is 0 Å². The number of ether oxygens (including phenoxy) is 1. The minimum Gasteiger partial charge on any atom is -0.357 e. The summed E-state index contributed by atoms with van der Waals surface area (Å²) in [4.78, 5) is 0. The topological polar surface area (TPSA) is 21.3 Å². The molecule has 1 aliphatic heterocycles. The number of nitrogens with one attached hydrogen (secondary N) is 1. The van der Waals surface area contributed by atoms with Gasteiger partial charge < -0.3 is 4.74 Å². The molecule has 1 heterocycles. The second-order valence-electron chi connectivity index (χ2n) is 5.26. The third kappa shape index (κ3) is 2.53.